The van der Waals surface area contributed by atoms with Gasteiger partial charge in [0.05, 0.1) is 21.3 Å². The van der Waals surface area contributed by atoms with E-state index in [1.54, 1.807) is 18.2 Å². The fourth-order valence-corrected chi connectivity index (χ4v) is 2.98. The number of nitrogens with one attached hydrogen (secondary N) is 2. The highest BCUT2D eigenvalue weighted by Crippen LogP contribution is 2.27. The number of methoxy groups -OCH3 is 3. The van der Waals surface area contributed by atoms with Gasteiger partial charge in [0, 0.05) is 24.9 Å². The lowest BCUT2D eigenvalue weighted by Crippen LogP contribution is -2.43. The van der Waals surface area contributed by atoms with E-state index in [1.165, 1.54) is 21.3 Å². The van der Waals surface area contributed by atoms with Crippen molar-refractivity contribution in [3.05, 3.63) is 59.7 Å². The van der Waals surface area contributed by atoms with Crippen molar-refractivity contribution in [1.82, 2.24) is 10.6 Å². The van der Waals surface area contributed by atoms with Gasteiger partial charge in [-0.2, -0.15) is 0 Å². The highest BCUT2D eigenvalue weighted by molar-refractivity contribution is 5.94. The van der Waals surface area contributed by atoms with E-state index < -0.39 is 12.0 Å². The number of carbonyl (C=O) groups is 3. The van der Waals surface area contributed by atoms with Gasteiger partial charge in [0.25, 0.3) is 5.91 Å². The Morgan fingerprint density at radius 1 is 0.935 bits per heavy atom. The maximum Gasteiger partial charge on any atom is 0.328 e. The molecule has 166 valence electrons. The molecular weight excluding hydrogens is 400 g/mol. The molecule has 0 heterocycles. The molecule has 0 aromatic heterocycles. The molecule has 0 aliphatic rings. The Morgan fingerprint density at radius 3 is 2.29 bits per heavy atom. The van der Waals surface area contributed by atoms with E-state index >= 15 is 0 Å². The van der Waals surface area contributed by atoms with Gasteiger partial charge < -0.3 is 24.8 Å². The third-order valence-corrected chi connectivity index (χ3v) is 4.62. The van der Waals surface area contributed by atoms with E-state index in [1.807, 2.05) is 30.3 Å². The third kappa shape index (κ3) is 7.33. The van der Waals surface area contributed by atoms with Crippen molar-refractivity contribution in [2.75, 3.05) is 27.9 Å². The minimum Gasteiger partial charge on any atom is -0.493 e. The Hall–Kier alpha value is -3.55. The summed E-state index contributed by atoms with van der Waals surface area (Å²) in [5.74, 6) is -0.0725. The predicted molar refractivity (Wildman–Crippen MR) is 115 cm³/mol. The van der Waals surface area contributed by atoms with E-state index in [-0.39, 0.29) is 18.2 Å². The topological polar surface area (TPSA) is 103 Å². The third-order valence-electron chi connectivity index (χ3n) is 4.62. The van der Waals surface area contributed by atoms with Crippen molar-refractivity contribution in [3.63, 3.8) is 0 Å². The van der Waals surface area contributed by atoms with Crippen LogP contribution in [-0.2, 0) is 20.7 Å². The van der Waals surface area contributed by atoms with Crippen molar-refractivity contribution in [2.45, 2.75) is 25.3 Å². The molecule has 8 nitrogen and oxygen atoms in total. The molecule has 0 spiro atoms. The monoisotopic (exact) mass is 428 g/mol. The lowest BCUT2D eigenvalue weighted by Gasteiger charge is -2.16. The molecule has 0 unspecified atom stereocenters. The zero-order chi connectivity index (χ0) is 22.6. The average Bonchev–Trinajstić information content (AvgIpc) is 2.80. The van der Waals surface area contributed by atoms with Crippen LogP contribution in [0.3, 0.4) is 0 Å². The van der Waals surface area contributed by atoms with Crippen molar-refractivity contribution in [3.8, 4) is 11.5 Å². The first-order chi connectivity index (χ1) is 15.0. The summed E-state index contributed by atoms with van der Waals surface area (Å²) in [7, 11) is 4.31. The zero-order valence-corrected chi connectivity index (χ0v) is 18.0. The summed E-state index contributed by atoms with van der Waals surface area (Å²) in [5.41, 5.74) is 1.34. The van der Waals surface area contributed by atoms with Gasteiger partial charge in [-0.05, 0) is 30.2 Å². The van der Waals surface area contributed by atoms with Crippen LogP contribution in [-0.4, -0.2) is 51.7 Å². The van der Waals surface area contributed by atoms with E-state index in [2.05, 4.69) is 10.6 Å². The van der Waals surface area contributed by atoms with Gasteiger partial charge in [0.15, 0.2) is 11.5 Å². The molecule has 0 fully saturated rings. The van der Waals surface area contributed by atoms with Gasteiger partial charge in [-0.1, -0.05) is 30.3 Å². The molecule has 2 aromatic carbocycles. The molecule has 0 aliphatic carbocycles. The molecule has 1 atom stereocenters. The standard InChI is InChI=1S/C23H28N2O6/c1-29-19-12-11-17(15-20(19)30-2)22(27)24-13-7-10-21(26)25-18(23(28)31-3)14-16-8-5-4-6-9-16/h4-6,8-9,11-12,15,18H,7,10,13-14H2,1-3H3,(H,24,27)(H,25,26)/t18-/m1/s1. The van der Waals surface area contributed by atoms with Crippen LogP contribution in [0.15, 0.2) is 48.5 Å². The molecule has 0 saturated carbocycles. The summed E-state index contributed by atoms with van der Waals surface area (Å²) < 4.78 is 15.1. The van der Waals surface area contributed by atoms with Gasteiger partial charge in [0.1, 0.15) is 6.04 Å². The minimum absolute atomic E-state index is 0.161. The number of hydrogen-bond acceptors (Lipinski definition) is 6. The zero-order valence-electron chi connectivity index (χ0n) is 18.0. The van der Waals surface area contributed by atoms with Crippen LogP contribution in [0, 0.1) is 0 Å². The van der Waals surface area contributed by atoms with Gasteiger partial charge in [-0.3, -0.25) is 9.59 Å². The van der Waals surface area contributed by atoms with E-state index in [0.29, 0.717) is 36.4 Å². The smallest absolute Gasteiger partial charge is 0.328 e. The average molecular weight is 428 g/mol. The highest BCUT2D eigenvalue weighted by Gasteiger charge is 2.21. The lowest BCUT2D eigenvalue weighted by molar-refractivity contribution is -0.145. The van der Waals surface area contributed by atoms with E-state index in [9.17, 15) is 14.4 Å². The lowest BCUT2D eigenvalue weighted by atomic mass is 10.1. The van der Waals surface area contributed by atoms with Crippen molar-refractivity contribution in [2.24, 2.45) is 0 Å². The van der Waals surface area contributed by atoms with Gasteiger partial charge in [-0.25, -0.2) is 4.79 Å². The molecule has 31 heavy (non-hydrogen) atoms. The molecule has 0 radical (unpaired) electrons. The predicted octanol–water partition coefficient (Wildman–Crippen LogP) is 2.11. The quantitative estimate of drug-likeness (QED) is 0.420. The van der Waals surface area contributed by atoms with Crippen LogP contribution >= 0.6 is 0 Å². The Kier molecular flexibility index (Phi) is 9.35. The highest BCUT2D eigenvalue weighted by atomic mass is 16.5. The molecule has 0 bridgehead atoms. The summed E-state index contributed by atoms with van der Waals surface area (Å²) in [6.45, 7) is 0.308. The van der Waals surface area contributed by atoms with Crippen molar-refractivity contribution >= 4 is 17.8 Å². The second-order valence-corrected chi connectivity index (χ2v) is 6.76. The SMILES string of the molecule is COC(=O)[C@@H](Cc1ccccc1)NC(=O)CCCNC(=O)c1ccc(OC)c(OC)c1. The van der Waals surface area contributed by atoms with Gasteiger partial charge >= 0.3 is 5.97 Å². The first-order valence-corrected chi connectivity index (χ1v) is 9.89. The molecule has 2 aromatic rings. The van der Waals surface area contributed by atoms with Crippen molar-refractivity contribution < 1.29 is 28.6 Å². The number of rotatable bonds is 11. The van der Waals surface area contributed by atoms with Crippen LogP contribution in [0.1, 0.15) is 28.8 Å². The van der Waals surface area contributed by atoms with Gasteiger partial charge in [-0.15, -0.1) is 0 Å². The molecule has 0 saturated heterocycles. The van der Waals surface area contributed by atoms with Crippen LogP contribution < -0.4 is 20.1 Å². The maximum absolute atomic E-state index is 12.3. The Labute approximate surface area is 181 Å². The van der Waals surface area contributed by atoms with Crippen LogP contribution in [0.25, 0.3) is 0 Å². The van der Waals surface area contributed by atoms with Gasteiger partial charge in [0.2, 0.25) is 5.91 Å². The molecule has 2 amide bonds. The summed E-state index contributed by atoms with van der Waals surface area (Å²) in [6, 6.07) is 13.5. The minimum atomic E-state index is -0.763. The number of amides is 2. The first-order valence-electron chi connectivity index (χ1n) is 9.89. The van der Waals surface area contributed by atoms with Crippen LogP contribution in [0.5, 0.6) is 11.5 Å². The number of ether oxygens (including phenoxy) is 3. The summed E-state index contributed by atoms with van der Waals surface area (Å²) in [4.78, 5) is 36.6. The summed E-state index contributed by atoms with van der Waals surface area (Å²) in [6.07, 6.45) is 0.924. The summed E-state index contributed by atoms with van der Waals surface area (Å²) in [5, 5.41) is 5.47. The second kappa shape index (κ2) is 12.2. The summed E-state index contributed by atoms with van der Waals surface area (Å²) >= 11 is 0. The Morgan fingerprint density at radius 2 is 1.65 bits per heavy atom. The fraction of sp³-hybridized carbons (Fsp3) is 0.348. The molecule has 8 heteroatoms. The number of carbonyl (C=O) groups excluding carboxylic acids is 3. The Balaban J connectivity index is 1.81. The van der Waals surface area contributed by atoms with Crippen molar-refractivity contribution in [1.29, 1.82) is 0 Å². The molecular formula is C23H28N2O6. The van der Waals surface area contributed by atoms with E-state index in [0.717, 1.165) is 5.56 Å². The van der Waals surface area contributed by atoms with E-state index in [4.69, 9.17) is 14.2 Å². The molecule has 0 aliphatic heterocycles. The number of esters is 1. The normalized spacial score (nSPS) is 11.2. The first kappa shape index (κ1) is 23.7. The number of hydrogen-bond donors (Lipinski definition) is 2. The maximum atomic E-state index is 12.3. The van der Waals surface area contributed by atoms with Crippen LogP contribution in [0.4, 0.5) is 0 Å². The molecule has 2 N–H and O–H groups in total. The second-order valence-electron chi connectivity index (χ2n) is 6.76. The largest absolute Gasteiger partial charge is 0.493 e. The van der Waals surface area contributed by atoms with Crippen LogP contribution in [0.2, 0.25) is 0 Å². The molecule has 2 rings (SSSR count). The Bertz CT molecular complexity index is 885. The fourth-order valence-electron chi connectivity index (χ4n) is 2.98. The number of benzene rings is 2.